The molecular formula is C13H12INO2. The third kappa shape index (κ3) is 3.33. The van der Waals surface area contributed by atoms with E-state index in [4.69, 9.17) is 10.2 Å². The SMILES string of the molecule is NC(=O)CCc1ccc(-c2ccc(I)cc2)o1. The summed E-state index contributed by atoms with van der Waals surface area (Å²) >= 11 is 2.26. The van der Waals surface area contributed by atoms with Crippen LogP contribution in [-0.2, 0) is 11.2 Å². The zero-order chi connectivity index (χ0) is 12.3. The fourth-order valence-electron chi connectivity index (χ4n) is 1.53. The third-order valence-corrected chi connectivity index (χ3v) is 3.13. The molecule has 0 aliphatic rings. The van der Waals surface area contributed by atoms with E-state index in [0.29, 0.717) is 12.8 Å². The van der Waals surface area contributed by atoms with Crippen LogP contribution in [-0.4, -0.2) is 5.91 Å². The summed E-state index contributed by atoms with van der Waals surface area (Å²) in [5, 5.41) is 0. The highest BCUT2D eigenvalue weighted by molar-refractivity contribution is 14.1. The number of hydrogen-bond acceptors (Lipinski definition) is 2. The van der Waals surface area contributed by atoms with Gasteiger partial charge in [0.1, 0.15) is 11.5 Å². The first-order valence-electron chi connectivity index (χ1n) is 5.28. The molecule has 17 heavy (non-hydrogen) atoms. The molecule has 88 valence electrons. The van der Waals surface area contributed by atoms with Gasteiger partial charge >= 0.3 is 0 Å². The Morgan fingerprint density at radius 1 is 1.18 bits per heavy atom. The van der Waals surface area contributed by atoms with Crippen molar-refractivity contribution < 1.29 is 9.21 Å². The molecule has 0 fully saturated rings. The molecule has 0 bridgehead atoms. The van der Waals surface area contributed by atoms with Crippen LogP contribution in [0.3, 0.4) is 0 Å². The number of rotatable bonds is 4. The van der Waals surface area contributed by atoms with Gasteiger partial charge in [-0.1, -0.05) is 12.1 Å². The van der Waals surface area contributed by atoms with Gasteiger partial charge in [-0.2, -0.15) is 0 Å². The molecule has 0 spiro atoms. The lowest BCUT2D eigenvalue weighted by atomic mass is 10.2. The maximum absolute atomic E-state index is 10.7. The number of primary amides is 1. The second-order valence-corrected chi connectivity index (χ2v) is 4.98. The van der Waals surface area contributed by atoms with Crippen molar-refractivity contribution in [2.75, 3.05) is 0 Å². The topological polar surface area (TPSA) is 56.2 Å². The Morgan fingerprint density at radius 2 is 1.88 bits per heavy atom. The quantitative estimate of drug-likeness (QED) is 0.870. The Bertz CT molecular complexity index is 516. The number of nitrogens with two attached hydrogens (primary N) is 1. The van der Waals surface area contributed by atoms with Crippen LogP contribution in [0, 0.1) is 3.57 Å². The average Bonchev–Trinajstić information content (AvgIpc) is 2.76. The van der Waals surface area contributed by atoms with Gasteiger partial charge in [0.25, 0.3) is 0 Å². The Kier molecular flexibility index (Phi) is 3.83. The van der Waals surface area contributed by atoms with E-state index in [2.05, 4.69) is 22.6 Å². The van der Waals surface area contributed by atoms with Crippen molar-refractivity contribution in [3.8, 4) is 11.3 Å². The van der Waals surface area contributed by atoms with Gasteiger partial charge in [0.15, 0.2) is 0 Å². The second-order valence-electron chi connectivity index (χ2n) is 3.74. The second kappa shape index (κ2) is 5.35. The lowest BCUT2D eigenvalue weighted by molar-refractivity contribution is -0.118. The lowest BCUT2D eigenvalue weighted by Gasteiger charge is -1.97. The molecule has 2 N–H and O–H groups in total. The van der Waals surface area contributed by atoms with Crippen LogP contribution in [0.25, 0.3) is 11.3 Å². The minimum atomic E-state index is -0.308. The van der Waals surface area contributed by atoms with Gasteiger partial charge < -0.3 is 10.2 Å². The molecule has 0 saturated carbocycles. The summed E-state index contributed by atoms with van der Waals surface area (Å²) in [4.78, 5) is 10.7. The van der Waals surface area contributed by atoms with E-state index < -0.39 is 0 Å². The molecule has 0 saturated heterocycles. The fourth-order valence-corrected chi connectivity index (χ4v) is 1.89. The van der Waals surface area contributed by atoms with Crippen molar-refractivity contribution in [2.45, 2.75) is 12.8 Å². The van der Waals surface area contributed by atoms with Gasteiger partial charge in [-0.15, -0.1) is 0 Å². The maximum Gasteiger partial charge on any atom is 0.217 e. The normalized spacial score (nSPS) is 10.4. The van der Waals surface area contributed by atoms with E-state index in [9.17, 15) is 4.79 Å². The van der Waals surface area contributed by atoms with Gasteiger partial charge in [-0.25, -0.2) is 0 Å². The van der Waals surface area contributed by atoms with Crippen LogP contribution < -0.4 is 5.73 Å². The summed E-state index contributed by atoms with van der Waals surface area (Å²) < 4.78 is 6.84. The van der Waals surface area contributed by atoms with Crippen molar-refractivity contribution in [3.63, 3.8) is 0 Å². The van der Waals surface area contributed by atoms with Crippen LogP contribution in [0.15, 0.2) is 40.8 Å². The molecule has 0 aliphatic heterocycles. The van der Waals surface area contributed by atoms with Crippen LogP contribution in [0.2, 0.25) is 0 Å². The highest BCUT2D eigenvalue weighted by atomic mass is 127. The predicted octanol–water partition coefficient (Wildman–Crippen LogP) is 2.97. The van der Waals surface area contributed by atoms with Crippen LogP contribution in [0.5, 0.6) is 0 Å². The molecule has 1 heterocycles. The molecule has 0 radical (unpaired) electrons. The van der Waals surface area contributed by atoms with Crippen LogP contribution in [0.1, 0.15) is 12.2 Å². The van der Waals surface area contributed by atoms with Crippen molar-refractivity contribution in [2.24, 2.45) is 5.73 Å². The van der Waals surface area contributed by atoms with E-state index in [-0.39, 0.29) is 5.91 Å². The molecule has 0 unspecified atom stereocenters. The van der Waals surface area contributed by atoms with E-state index in [0.717, 1.165) is 17.1 Å². The summed E-state index contributed by atoms with van der Waals surface area (Å²) in [6, 6.07) is 11.9. The molecule has 0 aliphatic carbocycles. The van der Waals surface area contributed by atoms with E-state index in [1.807, 2.05) is 36.4 Å². The first-order chi connectivity index (χ1) is 8.15. The smallest absolute Gasteiger partial charge is 0.217 e. The number of amides is 1. The van der Waals surface area contributed by atoms with Gasteiger partial charge in [0, 0.05) is 22.0 Å². The summed E-state index contributed by atoms with van der Waals surface area (Å²) in [7, 11) is 0. The molecular weight excluding hydrogens is 329 g/mol. The Labute approximate surface area is 113 Å². The summed E-state index contributed by atoms with van der Waals surface area (Å²) in [6.45, 7) is 0. The number of hydrogen-bond donors (Lipinski definition) is 1. The number of aryl methyl sites for hydroxylation is 1. The van der Waals surface area contributed by atoms with Gasteiger partial charge in [-0.05, 0) is 46.9 Å². The monoisotopic (exact) mass is 341 g/mol. The predicted molar refractivity (Wildman–Crippen MR) is 74.4 cm³/mol. The molecule has 1 aromatic carbocycles. The Morgan fingerprint density at radius 3 is 2.53 bits per heavy atom. The number of benzene rings is 1. The van der Waals surface area contributed by atoms with E-state index >= 15 is 0 Å². The van der Waals surface area contributed by atoms with E-state index in [1.54, 1.807) is 0 Å². The molecule has 1 aromatic heterocycles. The van der Waals surface area contributed by atoms with Gasteiger partial charge in [-0.3, -0.25) is 4.79 Å². The average molecular weight is 341 g/mol. The van der Waals surface area contributed by atoms with Crippen molar-refractivity contribution in [1.29, 1.82) is 0 Å². The highest BCUT2D eigenvalue weighted by Gasteiger charge is 2.05. The first-order valence-corrected chi connectivity index (χ1v) is 6.36. The Balaban J connectivity index is 2.12. The van der Waals surface area contributed by atoms with Gasteiger partial charge in [0.2, 0.25) is 5.91 Å². The largest absolute Gasteiger partial charge is 0.461 e. The maximum atomic E-state index is 10.7. The third-order valence-electron chi connectivity index (χ3n) is 2.41. The van der Waals surface area contributed by atoms with Crippen molar-refractivity contribution in [3.05, 3.63) is 45.7 Å². The molecule has 1 amide bonds. The first kappa shape index (κ1) is 12.2. The molecule has 2 aromatic rings. The number of halogens is 1. The van der Waals surface area contributed by atoms with Crippen LogP contribution >= 0.6 is 22.6 Å². The fraction of sp³-hybridized carbons (Fsp3) is 0.154. The van der Waals surface area contributed by atoms with Crippen molar-refractivity contribution in [1.82, 2.24) is 0 Å². The standard InChI is InChI=1S/C13H12INO2/c14-10-3-1-9(2-4-10)12-7-5-11(17-12)6-8-13(15)16/h1-5,7H,6,8H2,(H2,15,16). The summed E-state index contributed by atoms with van der Waals surface area (Å²) in [6.07, 6.45) is 0.874. The highest BCUT2D eigenvalue weighted by Crippen LogP contribution is 2.23. The lowest BCUT2D eigenvalue weighted by Crippen LogP contribution is -2.10. The summed E-state index contributed by atoms with van der Waals surface area (Å²) in [5.41, 5.74) is 6.13. The van der Waals surface area contributed by atoms with Crippen molar-refractivity contribution >= 4 is 28.5 Å². The number of carbonyl (C=O) groups is 1. The van der Waals surface area contributed by atoms with Gasteiger partial charge in [0.05, 0.1) is 0 Å². The minimum Gasteiger partial charge on any atom is -0.461 e. The molecule has 4 heteroatoms. The molecule has 3 nitrogen and oxygen atoms in total. The van der Waals surface area contributed by atoms with Crippen LogP contribution in [0.4, 0.5) is 0 Å². The Hall–Kier alpha value is -1.30. The minimum absolute atomic E-state index is 0.308. The number of carbonyl (C=O) groups excluding carboxylic acids is 1. The number of furan rings is 1. The molecule has 0 atom stereocenters. The summed E-state index contributed by atoms with van der Waals surface area (Å²) in [5.74, 6) is 1.30. The zero-order valence-corrected chi connectivity index (χ0v) is 11.3. The van der Waals surface area contributed by atoms with E-state index in [1.165, 1.54) is 3.57 Å². The molecule has 2 rings (SSSR count). The zero-order valence-electron chi connectivity index (χ0n) is 9.15.